The van der Waals surface area contributed by atoms with Crippen LogP contribution in [0, 0.1) is 33.8 Å². The zero-order valence-corrected chi connectivity index (χ0v) is 18.6. The van der Waals surface area contributed by atoms with Gasteiger partial charge in [-0.05, 0) is 42.5 Å². The summed E-state index contributed by atoms with van der Waals surface area (Å²) >= 11 is 0. The topological polar surface area (TPSA) is 133 Å². The van der Waals surface area contributed by atoms with E-state index < -0.39 is 40.8 Å². The van der Waals surface area contributed by atoms with Crippen molar-refractivity contribution in [3.05, 3.63) is 75.9 Å². The van der Waals surface area contributed by atoms with E-state index in [9.17, 15) is 29.3 Å². The molecule has 10 heteroatoms. The molecular formula is C25H20N2O8. The second-order valence-corrected chi connectivity index (χ2v) is 8.67. The van der Waals surface area contributed by atoms with Gasteiger partial charge in [0.25, 0.3) is 0 Å². The molecule has 35 heavy (non-hydrogen) atoms. The molecule has 0 N–H and O–H groups in total. The highest BCUT2D eigenvalue weighted by molar-refractivity contribution is 6.24. The van der Waals surface area contributed by atoms with E-state index >= 15 is 0 Å². The number of hydrogen-bond donors (Lipinski definition) is 0. The molecule has 10 nitrogen and oxygen atoms in total. The number of allylic oxidation sites excluding steroid dienone is 2. The lowest BCUT2D eigenvalue weighted by Gasteiger charge is -2.19. The van der Waals surface area contributed by atoms with Crippen molar-refractivity contribution in [3.8, 4) is 5.75 Å². The van der Waals surface area contributed by atoms with E-state index in [4.69, 9.17) is 9.47 Å². The van der Waals surface area contributed by atoms with Gasteiger partial charge in [0.1, 0.15) is 0 Å². The smallest absolute Gasteiger partial charge is 0.340 e. The first kappa shape index (κ1) is 22.5. The fraction of sp³-hybridized carbons (Fsp3) is 0.280. The third-order valence-electron chi connectivity index (χ3n) is 6.87. The number of nitro groups is 1. The SMILES string of the molecule is COc1ccc(C(=O)COC(=O)c2ccccc2N2C(=O)[C@@H]3[C@@H](C2=O)[C@H]2C=C[C@@H]3C2)cc1[N+](=O)[O-]. The molecule has 4 atom stereocenters. The zero-order chi connectivity index (χ0) is 24.9. The second kappa shape index (κ2) is 8.46. The van der Waals surface area contributed by atoms with Crippen LogP contribution >= 0.6 is 0 Å². The van der Waals surface area contributed by atoms with Crippen LogP contribution in [-0.2, 0) is 14.3 Å². The minimum atomic E-state index is -0.893. The van der Waals surface area contributed by atoms with Crippen LogP contribution in [0.2, 0.25) is 0 Å². The predicted molar refractivity (Wildman–Crippen MR) is 121 cm³/mol. The normalized spacial score (nSPS) is 24.0. The number of rotatable bonds is 7. The van der Waals surface area contributed by atoms with Crippen molar-refractivity contribution in [2.24, 2.45) is 23.7 Å². The Morgan fingerprint density at radius 3 is 2.34 bits per heavy atom. The van der Waals surface area contributed by atoms with E-state index in [0.29, 0.717) is 0 Å². The number of benzene rings is 2. The first-order valence-corrected chi connectivity index (χ1v) is 11.0. The molecule has 5 rings (SSSR count). The molecule has 2 aromatic rings. The third kappa shape index (κ3) is 3.58. The first-order valence-electron chi connectivity index (χ1n) is 11.0. The summed E-state index contributed by atoms with van der Waals surface area (Å²) in [6.45, 7) is -0.683. The summed E-state index contributed by atoms with van der Waals surface area (Å²) in [4.78, 5) is 63.3. The van der Waals surface area contributed by atoms with Gasteiger partial charge in [-0.15, -0.1) is 0 Å². The predicted octanol–water partition coefficient (Wildman–Crippen LogP) is 2.95. The van der Waals surface area contributed by atoms with Crippen molar-refractivity contribution in [1.82, 2.24) is 0 Å². The first-order chi connectivity index (χ1) is 16.8. The maximum Gasteiger partial charge on any atom is 0.340 e. The summed E-state index contributed by atoms with van der Waals surface area (Å²) in [5, 5.41) is 11.2. The van der Waals surface area contributed by atoms with Crippen molar-refractivity contribution < 1.29 is 33.6 Å². The Bertz CT molecular complexity index is 1290. The minimum Gasteiger partial charge on any atom is -0.490 e. The number of nitro benzene ring substituents is 1. The molecule has 0 aromatic heterocycles. The number of methoxy groups -OCH3 is 1. The summed E-state index contributed by atoms with van der Waals surface area (Å²) in [5.41, 5.74) is -0.328. The minimum absolute atomic E-state index is 0.00850. The van der Waals surface area contributed by atoms with Crippen LogP contribution in [0.15, 0.2) is 54.6 Å². The van der Waals surface area contributed by atoms with Gasteiger partial charge in [0, 0.05) is 11.6 Å². The lowest BCUT2D eigenvalue weighted by Crippen LogP contribution is -2.34. The number of ether oxygens (including phenoxy) is 2. The van der Waals surface area contributed by atoms with Crippen LogP contribution in [0.5, 0.6) is 5.75 Å². The number of para-hydroxylation sites is 1. The van der Waals surface area contributed by atoms with Gasteiger partial charge in [-0.2, -0.15) is 0 Å². The Hall–Kier alpha value is -4.34. The molecule has 1 aliphatic heterocycles. The molecule has 178 valence electrons. The number of imide groups is 1. The quantitative estimate of drug-likeness (QED) is 0.149. The van der Waals surface area contributed by atoms with Gasteiger partial charge < -0.3 is 9.47 Å². The molecule has 1 saturated heterocycles. The maximum atomic E-state index is 13.2. The van der Waals surface area contributed by atoms with Gasteiger partial charge in [-0.1, -0.05) is 24.3 Å². The zero-order valence-electron chi connectivity index (χ0n) is 18.6. The number of nitrogens with zero attached hydrogens (tertiary/aromatic N) is 2. The standard InChI is InChI=1S/C25H20N2O8/c1-34-20-9-8-13(11-18(20)27(32)33)19(28)12-35-25(31)16-4-2-3-5-17(16)26-23(29)21-14-6-7-15(10-14)22(21)24(26)30/h2-9,11,14-15,21-22H,10,12H2,1H3/t14-,15+,21-,22-/m0/s1. The Balaban J connectivity index is 1.34. The molecule has 2 aromatic carbocycles. The van der Waals surface area contributed by atoms with Crippen LogP contribution in [0.1, 0.15) is 27.1 Å². The van der Waals surface area contributed by atoms with Crippen LogP contribution in [0.4, 0.5) is 11.4 Å². The number of ketones is 1. The number of Topliss-reactive ketones (excluding diaryl/α,β-unsaturated/α-hetero) is 1. The average molecular weight is 476 g/mol. The summed E-state index contributed by atoms with van der Waals surface area (Å²) < 4.78 is 10.1. The van der Waals surface area contributed by atoms with Gasteiger partial charge >= 0.3 is 11.7 Å². The van der Waals surface area contributed by atoms with Gasteiger partial charge in [-0.25, -0.2) is 9.69 Å². The highest BCUT2D eigenvalue weighted by atomic mass is 16.6. The molecule has 0 unspecified atom stereocenters. The number of anilines is 1. The Labute approximate surface area is 199 Å². The second-order valence-electron chi connectivity index (χ2n) is 8.67. The van der Waals surface area contributed by atoms with E-state index in [-0.39, 0.29) is 46.2 Å². The van der Waals surface area contributed by atoms with Crippen LogP contribution in [0.3, 0.4) is 0 Å². The summed E-state index contributed by atoms with van der Waals surface area (Å²) in [6, 6.07) is 9.75. The molecule has 3 aliphatic rings. The molecule has 2 amide bonds. The van der Waals surface area contributed by atoms with Crippen molar-refractivity contribution >= 4 is 34.9 Å². The highest BCUT2D eigenvalue weighted by Gasteiger charge is 2.59. The number of carbonyl (C=O) groups excluding carboxylic acids is 4. The average Bonchev–Trinajstić information content (AvgIpc) is 3.55. The number of amides is 2. The molecule has 1 saturated carbocycles. The van der Waals surface area contributed by atoms with Gasteiger partial charge in [-0.3, -0.25) is 24.5 Å². The number of esters is 1. The number of carbonyl (C=O) groups is 4. The highest BCUT2D eigenvalue weighted by Crippen LogP contribution is 2.53. The Kier molecular flexibility index (Phi) is 5.43. The summed E-state index contributed by atoms with van der Waals surface area (Å²) in [5.74, 6) is -3.03. The molecule has 2 aliphatic carbocycles. The third-order valence-corrected chi connectivity index (χ3v) is 6.87. The van der Waals surface area contributed by atoms with Crippen LogP contribution < -0.4 is 9.64 Å². The van der Waals surface area contributed by atoms with Crippen molar-refractivity contribution in [2.75, 3.05) is 18.6 Å². The molecule has 0 spiro atoms. The van der Waals surface area contributed by atoms with Crippen molar-refractivity contribution in [1.29, 1.82) is 0 Å². The lowest BCUT2D eigenvalue weighted by molar-refractivity contribution is -0.385. The molecule has 2 bridgehead atoms. The van der Waals surface area contributed by atoms with Crippen molar-refractivity contribution in [2.45, 2.75) is 6.42 Å². The summed E-state index contributed by atoms with van der Waals surface area (Å²) in [6.07, 6.45) is 4.75. The summed E-state index contributed by atoms with van der Waals surface area (Å²) in [7, 11) is 1.27. The maximum absolute atomic E-state index is 13.2. The van der Waals surface area contributed by atoms with Gasteiger partial charge in [0.2, 0.25) is 17.6 Å². The number of fused-ring (bicyclic) bond motifs is 5. The van der Waals surface area contributed by atoms with E-state index in [1.54, 1.807) is 12.1 Å². The largest absolute Gasteiger partial charge is 0.490 e. The lowest BCUT2D eigenvalue weighted by atomic mass is 9.85. The Morgan fingerprint density at radius 2 is 1.71 bits per heavy atom. The van der Waals surface area contributed by atoms with Gasteiger partial charge in [0.15, 0.2) is 12.4 Å². The number of hydrogen-bond acceptors (Lipinski definition) is 8. The molecule has 1 heterocycles. The van der Waals surface area contributed by atoms with E-state index in [0.717, 1.165) is 17.4 Å². The van der Waals surface area contributed by atoms with E-state index in [1.165, 1.54) is 31.4 Å². The van der Waals surface area contributed by atoms with Crippen molar-refractivity contribution in [3.63, 3.8) is 0 Å². The Morgan fingerprint density at radius 1 is 1.06 bits per heavy atom. The van der Waals surface area contributed by atoms with Crippen LogP contribution in [0.25, 0.3) is 0 Å². The molecule has 0 radical (unpaired) electrons. The van der Waals surface area contributed by atoms with E-state index in [2.05, 4.69) is 0 Å². The van der Waals surface area contributed by atoms with Gasteiger partial charge in [0.05, 0.1) is 35.1 Å². The van der Waals surface area contributed by atoms with Crippen LogP contribution in [-0.4, -0.2) is 42.2 Å². The molecular weight excluding hydrogens is 456 g/mol. The fourth-order valence-corrected chi connectivity index (χ4v) is 5.28. The monoisotopic (exact) mass is 476 g/mol. The van der Waals surface area contributed by atoms with E-state index in [1.807, 2.05) is 12.2 Å². The fourth-order valence-electron chi connectivity index (χ4n) is 5.28. The molecule has 2 fully saturated rings.